The lowest BCUT2D eigenvalue weighted by molar-refractivity contribution is 0.0825. The first-order valence-electron chi connectivity index (χ1n) is 11.1. The molecule has 3 rings (SSSR count). The summed E-state index contributed by atoms with van der Waals surface area (Å²) in [6.45, 7) is 6.24. The topological polar surface area (TPSA) is 44.8 Å². The number of carbonyl (C=O) groups is 1. The van der Waals surface area contributed by atoms with Crippen LogP contribution in [0.3, 0.4) is 0 Å². The van der Waals surface area contributed by atoms with Gasteiger partial charge in [-0.25, -0.2) is 4.39 Å². The van der Waals surface area contributed by atoms with Gasteiger partial charge in [0.15, 0.2) is 5.78 Å². The maximum Gasteiger partial charge on any atom is 0.169 e. The molecule has 0 spiro atoms. The highest BCUT2D eigenvalue weighted by molar-refractivity contribution is 6.06. The van der Waals surface area contributed by atoms with E-state index >= 15 is 0 Å². The van der Waals surface area contributed by atoms with Crippen LogP contribution in [0, 0.1) is 11.2 Å². The first-order valence-corrected chi connectivity index (χ1v) is 11.1. The molecule has 0 aliphatic carbocycles. The Morgan fingerprint density at radius 1 is 0.848 bits per heavy atom. The molecular weight excluding hydrogens is 419 g/mol. The molecule has 0 aliphatic rings. The number of methoxy groups -OCH3 is 2. The second kappa shape index (κ2) is 10.5. The lowest BCUT2D eigenvalue weighted by atomic mass is 9.78. The van der Waals surface area contributed by atoms with Crippen LogP contribution in [0.1, 0.15) is 49.5 Å². The van der Waals surface area contributed by atoms with Crippen LogP contribution in [0.2, 0.25) is 0 Å². The molecule has 0 atom stereocenters. The van der Waals surface area contributed by atoms with Crippen LogP contribution in [-0.4, -0.2) is 20.0 Å². The number of rotatable bonds is 10. The van der Waals surface area contributed by atoms with E-state index in [1.165, 1.54) is 13.2 Å². The molecule has 0 saturated heterocycles. The third-order valence-electron chi connectivity index (χ3n) is 5.75. The van der Waals surface area contributed by atoms with Crippen molar-refractivity contribution in [1.82, 2.24) is 0 Å². The van der Waals surface area contributed by atoms with Crippen molar-refractivity contribution < 1.29 is 23.4 Å². The van der Waals surface area contributed by atoms with Crippen LogP contribution in [0.15, 0.2) is 60.7 Å². The molecule has 33 heavy (non-hydrogen) atoms. The average Bonchev–Trinajstić information content (AvgIpc) is 2.83. The second-order valence-electron chi connectivity index (χ2n) is 8.65. The van der Waals surface area contributed by atoms with Crippen molar-refractivity contribution in [2.45, 2.75) is 40.2 Å². The maximum atomic E-state index is 14.8. The van der Waals surface area contributed by atoms with Crippen molar-refractivity contribution in [3.63, 3.8) is 0 Å². The zero-order valence-corrected chi connectivity index (χ0v) is 19.9. The maximum absolute atomic E-state index is 14.8. The van der Waals surface area contributed by atoms with E-state index in [1.54, 1.807) is 37.4 Å². The predicted octanol–water partition coefficient (Wildman–Crippen LogP) is 7.10. The van der Waals surface area contributed by atoms with E-state index < -0.39 is 11.2 Å². The first-order chi connectivity index (χ1) is 15.8. The fourth-order valence-electron chi connectivity index (χ4n) is 3.87. The second-order valence-corrected chi connectivity index (χ2v) is 8.65. The quantitative estimate of drug-likeness (QED) is 0.309. The molecule has 0 N–H and O–H groups in total. The van der Waals surface area contributed by atoms with Crippen LogP contribution in [0.4, 0.5) is 4.39 Å². The van der Waals surface area contributed by atoms with E-state index in [2.05, 4.69) is 0 Å². The summed E-state index contributed by atoms with van der Waals surface area (Å²) in [6.07, 6.45) is 1.60. The van der Waals surface area contributed by atoms with Crippen LogP contribution in [-0.2, 0) is 6.61 Å². The zero-order valence-electron chi connectivity index (χ0n) is 19.9. The molecule has 4 nitrogen and oxygen atoms in total. The van der Waals surface area contributed by atoms with E-state index in [-0.39, 0.29) is 5.78 Å². The van der Waals surface area contributed by atoms with Gasteiger partial charge in [0.25, 0.3) is 0 Å². The van der Waals surface area contributed by atoms with E-state index in [0.29, 0.717) is 34.8 Å². The highest BCUT2D eigenvalue weighted by atomic mass is 19.1. The summed E-state index contributed by atoms with van der Waals surface area (Å²) < 4.78 is 31.3. The monoisotopic (exact) mass is 450 g/mol. The minimum Gasteiger partial charge on any atom is -0.497 e. The third kappa shape index (κ3) is 5.72. The molecule has 0 radical (unpaired) electrons. The number of hydrogen-bond acceptors (Lipinski definition) is 4. The van der Waals surface area contributed by atoms with Gasteiger partial charge in [0.2, 0.25) is 0 Å². The number of hydrogen-bond donors (Lipinski definition) is 0. The summed E-state index contributed by atoms with van der Waals surface area (Å²) >= 11 is 0. The van der Waals surface area contributed by atoms with Crippen molar-refractivity contribution in [2.75, 3.05) is 14.2 Å². The predicted molar refractivity (Wildman–Crippen MR) is 129 cm³/mol. The molecule has 0 bridgehead atoms. The van der Waals surface area contributed by atoms with Crippen LogP contribution < -0.4 is 14.2 Å². The molecule has 0 aliphatic heterocycles. The molecule has 0 saturated carbocycles. The summed E-state index contributed by atoms with van der Waals surface area (Å²) in [4.78, 5) is 13.6. The fraction of sp³-hybridized carbons (Fsp3) is 0.321. The molecule has 0 fully saturated rings. The van der Waals surface area contributed by atoms with Crippen LogP contribution >= 0.6 is 0 Å². The van der Waals surface area contributed by atoms with Crippen LogP contribution in [0.25, 0.3) is 11.1 Å². The highest BCUT2D eigenvalue weighted by Crippen LogP contribution is 2.37. The molecule has 0 aromatic heterocycles. The average molecular weight is 451 g/mol. The largest absolute Gasteiger partial charge is 0.497 e. The standard InChI is InChI=1S/C28H31FO4/c1-6-15-28(2,3)27(30)25-17-22(33-18-19-7-9-20(31-4)10-8-19)11-13-23(25)24-16-21(32-5)12-14-26(24)29/h7-14,16-17H,6,15,18H2,1-5H3. The Balaban J connectivity index is 2.00. The summed E-state index contributed by atoms with van der Waals surface area (Å²) in [6, 6.07) is 17.4. The Kier molecular flexibility index (Phi) is 7.75. The first kappa shape index (κ1) is 24.3. The van der Waals surface area contributed by atoms with Crippen molar-refractivity contribution >= 4 is 5.78 Å². The van der Waals surface area contributed by atoms with Crippen molar-refractivity contribution in [3.05, 3.63) is 77.6 Å². The smallest absolute Gasteiger partial charge is 0.169 e. The Morgan fingerprint density at radius 3 is 2.12 bits per heavy atom. The number of Topliss-reactive ketones (excluding diaryl/α,β-unsaturated/α-hetero) is 1. The van der Waals surface area contributed by atoms with Gasteiger partial charge in [-0.15, -0.1) is 0 Å². The van der Waals surface area contributed by atoms with Crippen molar-refractivity contribution in [1.29, 1.82) is 0 Å². The molecule has 5 heteroatoms. The number of carbonyl (C=O) groups excluding carboxylic acids is 1. The normalized spacial score (nSPS) is 11.2. The number of ketones is 1. The van der Waals surface area contributed by atoms with Gasteiger partial charge in [-0.1, -0.05) is 39.3 Å². The Morgan fingerprint density at radius 2 is 1.48 bits per heavy atom. The van der Waals surface area contributed by atoms with Gasteiger partial charge < -0.3 is 14.2 Å². The molecule has 174 valence electrons. The SMILES string of the molecule is CCCC(C)(C)C(=O)c1cc(OCc2ccc(OC)cc2)ccc1-c1cc(OC)ccc1F. The summed E-state index contributed by atoms with van der Waals surface area (Å²) in [5, 5.41) is 0. The minimum absolute atomic E-state index is 0.0449. The highest BCUT2D eigenvalue weighted by Gasteiger charge is 2.30. The van der Waals surface area contributed by atoms with Gasteiger partial charge >= 0.3 is 0 Å². The Hall–Kier alpha value is -3.34. The van der Waals surface area contributed by atoms with Gasteiger partial charge in [0.05, 0.1) is 14.2 Å². The van der Waals surface area contributed by atoms with E-state index in [4.69, 9.17) is 14.2 Å². The Labute approximate surface area is 195 Å². The molecule has 0 amide bonds. The molecule has 0 unspecified atom stereocenters. The number of ether oxygens (including phenoxy) is 3. The lowest BCUT2D eigenvalue weighted by Gasteiger charge is -2.24. The van der Waals surface area contributed by atoms with E-state index in [9.17, 15) is 9.18 Å². The van der Waals surface area contributed by atoms with E-state index in [0.717, 1.165) is 24.2 Å². The molecule has 3 aromatic rings. The van der Waals surface area contributed by atoms with Gasteiger partial charge in [0, 0.05) is 16.5 Å². The molecule has 0 heterocycles. The minimum atomic E-state index is -0.590. The van der Waals surface area contributed by atoms with E-state index in [1.807, 2.05) is 45.0 Å². The zero-order chi connectivity index (χ0) is 24.0. The molecule has 3 aromatic carbocycles. The summed E-state index contributed by atoms with van der Waals surface area (Å²) in [7, 11) is 3.15. The molecular formula is C28H31FO4. The van der Waals surface area contributed by atoms with Gasteiger partial charge in [0.1, 0.15) is 29.7 Å². The number of halogens is 1. The van der Waals surface area contributed by atoms with Gasteiger partial charge in [-0.3, -0.25) is 4.79 Å². The van der Waals surface area contributed by atoms with Gasteiger partial charge in [-0.2, -0.15) is 0 Å². The van der Waals surface area contributed by atoms with Gasteiger partial charge in [-0.05, 0) is 66.1 Å². The lowest BCUT2D eigenvalue weighted by Crippen LogP contribution is -2.25. The third-order valence-corrected chi connectivity index (χ3v) is 5.75. The van der Waals surface area contributed by atoms with Crippen molar-refractivity contribution in [3.8, 4) is 28.4 Å². The van der Waals surface area contributed by atoms with Crippen LogP contribution in [0.5, 0.6) is 17.2 Å². The Bertz CT molecular complexity index is 1100. The summed E-state index contributed by atoms with van der Waals surface area (Å²) in [5.74, 6) is 1.39. The fourth-order valence-corrected chi connectivity index (χ4v) is 3.87. The number of benzene rings is 3. The van der Waals surface area contributed by atoms with Crippen molar-refractivity contribution in [2.24, 2.45) is 5.41 Å². The summed E-state index contributed by atoms with van der Waals surface area (Å²) in [5.41, 5.74) is 1.67.